The Bertz CT molecular complexity index is 375. The average Bonchev–Trinajstić information content (AvgIpc) is 2.11. The van der Waals surface area contributed by atoms with Gasteiger partial charge in [-0.05, 0) is 24.0 Å². The monoisotopic (exact) mass is 219 g/mol. The second kappa shape index (κ2) is 4.10. The van der Waals surface area contributed by atoms with Gasteiger partial charge in [-0.1, -0.05) is 38.5 Å². The number of rotatable bonds is 2. The summed E-state index contributed by atoms with van der Waals surface area (Å²) in [5, 5.41) is 3.23. The number of hydrogen-bond donors (Lipinski definition) is 1. The van der Waals surface area contributed by atoms with Crippen LogP contribution in [0.25, 0.3) is 0 Å². The van der Waals surface area contributed by atoms with Gasteiger partial charge >= 0.3 is 0 Å². The summed E-state index contributed by atoms with van der Waals surface area (Å²) in [5.74, 6) is 1.05. The molecule has 0 atom stereocenters. The van der Waals surface area contributed by atoms with E-state index in [-0.39, 0.29) is 5.41 Å². The molecule has 2 rings (SSSR count). The molecular weight excluding hydrogens is 198 g/mol. The Morgan fingerprint density at radius 2 is 1.94 bits per heavy atom. The highest BCUT2D eigenvalue weighted by Gasteiger charge is 2.23. The maximum Gasteiger partial charge on any atom is 0.123 e. The molecule has 0 unspecified atom stereocenters. The van der Waals surface area contributed by atoms with Crippen LogP contribution in [0.1, 0.15) is 31.9 Å². The van der Waals surface area contributed by atoms with Crippen LogP contribution >= 0.6 is 0 Å². The number of aryl methyl sites for hydroxylation is 1. The topological polar surface area (TPSA) is 21.3 Å². The zero-order valence-electron chi connectivity index (χ0n) is 10.6. The number of nitrogens with one attached hydrogen (secondary N) is 1. The molecule has 1 aromatic rings. The zero-order valence-corrected chi connectivity index (χ0v) is 10.6. The van der Waals surface area contributed by atoms with Gasteiger partial charge in [-0.25, -0.2) is 0 Å². The van der Waals surface area contributed by atoms with Gasteiger partial charge in [0.25, 0.3) is 0 Å². The van der Waals surface area contributed by atoms with Gasteiger partial charge in [0.1, 0.15) is 11.9 Å². The second-order valence-electron chi connectivity index (χ2n) is 5.65. The fourth-order valence-electron chi connectivity index (χ4n) is 1.86. The quantitative estimate of drug-likeness (QED) is 0.825. The normalized spacial score (nSPS) is 17.0. The molecule has 1 heterocycles. The minimum Gasteiger partial charge on any atom is -0.487 e. The minimum atomic E-state index is 0.137. The van der Waals surface area contributed by atoms with Crippen molar-refractivity contribution in [3.8, 4) is 5.75 Å². The van der Waals surface area contributed by atoms with E-state index in [1.807, 2.05) is 0 Å². The molecule has 1 aliphatic heterocycles. The molecule has 1 aromatic carbocycles. The van der Waals surface area contributed by atoms with Gasteiger partial charge in [0.2, 0.25) is 0 Å². The van der Waals surface area contributed by atoms with Crippen LogP contribution in [0.3, 0.4) is 0 Å². The third kappa shape index (κ3) is 2.38. The third-order valence-electron chi connectivity index (χ3n) is 2.98. The standard InChI is InChI=1S/C14H21NO/c1-10-5-6-13(16-11-8-15-9-11)12(7-10)14(2,3)4/h5-7,11,15H,8-9H2,1-4H3. The van der Waals surface area contributed by atoms with E-state index in [4.69, 9.17) is 4.74 Å². The Balaban J connectivity index is 2.28. The Kier molecular flexibility index (Phi) is 2.94. The molecule has 0 spiro atoms. The van der Waals surface area contributed by atoms with Crippen LogP contribution in [0.4, 0.5) is 0 Å². The SMILES string of the molecule is Cc1ccc(OC2CNC2)c(C(C)(C)C)c1. The first-order valence-electron chi connectivity index (χ1n) is 5.95. The van der Waals surface area contributed by atoms with E-state index in [9.17, 15) is 0 Å². The molecule has 2 heteroatoms. The summed E-state index contributed by atoms with van der Waals surface area (Å²) in [6, 6.07) is 6.46. The molecule has 0 aliphatic carbocycles. The van der Waals surface area contributed by atoms with E-state index >= 15 is 0 Å². The highest BCUT2D eigenvalue weighted by molar-refractivity contribution is 5.41. The van der Waals surface area contributed by atoms with Gasteiger partial charge < -0.3 is 10.1 Å². The Morgan fingerprint density at radius 3 is 2.44 bits per heavy atom. The van der Waals surface area contributed by atoms with Crippen molar-refractivity contribution in [1.29, 1.82) is 0 Å². The summed E-state index contributed by atoms with van der Waals surface area (Å²) >= 11 is 0. The highest BCUT2D eigenvalue weighted by Crippen LogP contribution is 2.32. The zero-order chi connectivity index (χ0) is 11.8. The lowest BCUT2D eigenvalue weighted by Crippen LogP contribution is -2.50. The van der Waals surface area contributed by atoms with Crippen molar-refractivity contribution in [2.45, 2.75) is 39.2 Å². The van der Waals surface area contributed by atoms with Gasteiger partial charge in [-0.2, -0.15) is 0 Å². The molecule has 0 amide bonds. The minimum absolute atomic E-state index is 0.137. The molecule has 88 valence electrons. The summed E-state index contributed by atoms with van der Waals surface area (Å²) in [7, 11) is 0. The van der Waals surface area contributed by atoms with Gasteiger partial charge in [-0.15, -0.1) is 0 Å². The van der Waals surface area contributed by atoms with Crippen LogP contribution in [0, 0.1) is 6.92 Å². The van der Waals surface area contributed by atoms with Crippen LogP contribution in [-0.4, -0.2) is 19.2 Å². The molecule has 0 aromatic heterocycles. The summed E-state index contributed by atoms with van der Waals surface area (Å²) in [6.07, 6.45) is 0.351. The first-order valence-corrected chi connectivity index (χ1v) is 5.95. The number of hydrogen-bond acceptors (Lipinski definition) is 2. The van der Waals surface area contributed by atoms with Crippen molar-refractivity contribution in [2.75, 3.05) is 13.1 Å². The molecule has 1 N–H and O–H groups in total. The van der Waals surface area contributed by atoms with E-state index in [1.165, 1.54) is 11.1 Å². The van der Waals surface area contributed by atoms with Crippen molar-refractivity contribution in [3.63, 3.8) is 0 Å². The van der Waals surface area contributed by atoms with Crippen LogP contribution in [0.2, 0.25) is 0 Å². The third-order valence-corrected chi connectivity index (χ3v) is 2.98. The maximum atomic E-state index is 6.00. The summed E-state index contributed by atoms with van der Waals surface area (Å²) in [6.45, 7) is 10.8. The largest absolute Gasteiger partial charge is 0.487 e. The van der Waals surface area contributed by atoms with E-state index in [0.29, 0.717) is 6.10 Å². The van der Waals surface area contributed by atoms with Gasteiger partial charge in [0.05, 0.1) is 0 Å². The summed E-state index contributed by atoms with van der Waals surface area (Å²) < 4.78 is 6.00. The second-order valence-corrected chi connectivity index (χ2v) is 5.65. The Morgan fingerprint density at radius 1 is 1.25 bits per heavy atom. The smallest absolute Gasteiger partial charge is 0.123 e. The lowest BCUT2D eigenvalue weighted by molar-refractivity contribution is 0.139. The molecular formula is C14H21NO. The Hall–Kier alpha value is -1.02. The van der Waals surface area contributed by atoms with Gasteiger partial charge in [0.15, 0.2) is 0 Å². The number of benzene rings is 1. The molecule has 0 radical (unpaired) electrons. The number of ether oxygens (including phenoxy) is 1. The van der Waals surface area contributed by atoms with Crippen molar-refractivity contribution >= 4 is 0 Å². The summed E-state index contributed by atoms with van der Waals surface area (Å²) in [4.78, 5) is 0. The van der Waals surface area contributed by atoms with Crippen molar-refractivity contribution in [3.05, 3.63) is 29.3 Å². The van der Waals surface area contributed by atoms with Crippen LogP contribution in [0.5, 0.6) is 5.75 Å². The van der Waals surface area contributed by atoms with Crippen molar-refractivity contribution in [2.24, 2.45) is 0 Å². The molecule has 16 heavy (non-hydrogen) atoms. The lowest BCUT2D eigenvalue weighted by Gasteiger charge is -2.31. The van der Waals surface area contributed by atoms with Crippen molar-refractivity contribution in [1.82, 2.24) is 5.32 Å². The first-order chi connectivity index (χ1) is 7.47. The van der Waals surface area contributed by atoms with E-state index < -0.39 is 0 Å². The summed E-state index contributed by atoms with van der Waals surface area (Å²) in [5.41, 5.74) is 2.74. The molecule has 1 fully saturated rings. The van der Waals surface area contributed by atoms with Crippen LogP contribution in [0.15, 0.2) is 18.2 Å². The van der Waals surface area contributed by atoms with Crippen LogP contribution < -0.4 is 10.1 Å². The predicted octanol–water partition coefficient (Wildman–Crippen LogP) is 2.64. The van der Waals surface area contributed by atoms with Gasteiger partial charge in [0, 0.05) is 13.1 Å². The van der Waals surface area contributed by atoms with Crippen molar-refractivity contribution < 1.29 is 4.74 Å². The average molecular weight is 219 g/mol. The van der Waals surface area contributed by atoms with Crippen LogP contribution in [-0.2, 0) is 5.41 Å². The van der Waals surface area contributed by atoms with Gasteiger partial charge in [-0.3, -0.25) is 0 Å². The van der Waals surface area contributed by atoms with E-state index in [1.54, 1.807) is 0 Å². The highest BCUT2D eigenvalue weighted by atomic mass is 16.5. The van der Waals surface area contributed by atoms with E-state index in [2.05, 4.69) is 51.2 Å². The fourth-order valence-corrected chi connectivity index (χ4v) is 1.86. The molecule has 2 nitrogen and oxygen atoms in total. The maximum absolute atomic E-state index is 6.00. The molecule has 0 bridgehead atoms. The fraction of sp³-hybridized carbons (Fsp3) is 0.571. The predicted molar refractivity (Wildman–Crippen MR) is 67.2 cm³/mol. The molecule has 1 aliphatic rings. The lowest BCUT2D eigenvalue weighted by atomic mass is 9.85. The molecule has 0 saturated carbocycles. The first kappa shape index (κ1) is 11.5. The Labute approximate surface area is 98.0 Å². The molecule has 1 saturated heterocycles. The van der Waals surface area contributed by atoms with E-state index in [0.717, 1.165) is 18.8 Å².